The molecule has 1 saturated carbocycles. The van der Waals surface area contributed by atoms with Crippen molar-refractivity contribution in [2.24, 2.45) is 11.8 Å². The number of aliphatic hydroxyl groups is 1. The monoisotopic (exact) mass is 391 g/mol. The molecule has 154 valence electrons. The van der Waals surface area contributed by atoms with Gasteiger partial charge in [0.05, 0.1) is 30.3 Å². The van der Waals surface area contributed by atoms with E-state index in [1.807, 2.05) is 38.6 Å². The molecule has 0 aliphatic heterocycles. The van der Waals surface area contributed by atoms with Gasteiger partial charge in [0, 0.05) is 12.2 Å². The highest BCUT2D eigenvalue weighted by Gasteiger charge is 2.31. The Labute approximate surface area is 165 Å². The lowest BCUT2D eigenvalue weighted by atomic mass is 9.75. The van der Waals surface area contributed by atoms with E-state index in [1.54, 1.807) is 6.20 Å². The summed E-state index contributed by atoms with van der Waals surface area (Å²) in [4.78, 5) is 8.14. The maximum atomic E-state index is 14.1. The molecule has 1 aliphatic rings. The number of hydrogen-bond donors (Lipinski definition) is 2. The molecule has 2 heterocycles. The number of nitrogens with one attached hydrogen (secondary N) is 1. The number of hydrogen-bond acceptors (Lipinski definition) is 6. The van der Waals surface area contributed by atoms with Crippen molar-refractivity contribution >= 4 is 11.6 Å². The summed E-state index contributed by atoms with van der Waals surface area (Å²) in [5.74, 6) is 0.299. The summed E-state index contributed by atoms with van der Waals surface area (Å²) in [6.07, 6.45) is 8.46. The highest BCUT2D eigenvalue weighted by atomic mass is 19.1. The predicted molar refractivity (Wildman–Crippen MR) is 105 cm³/mol. The van der Waals surface area contributed by atoms with Gasteiger partial charge in [0.25, 0.3) is 5.88 Å². The zero-order chi connectivity index (χ0) is 20.3. The van der Waals surface area contributed by atoms with E-state index in [2.05, 4.69) is 20.4 Å². The van der Waals surface area contributed by atoms with Crippen molar-refractivity contribution in [1.82, 2.24) is 19.7 Å². The van der Waals surface area contributed by atoms with Gasteiger partial charge in [0.15, 0.2) is 0 Å². The minimum atomic E-state index is -0.644. The molecule has 2 N–H and O–H groups in total. The van der Waals surface area contributed by atoms with Crippen molar-refractivity contribution in [1.29, 1.82) is 0 Å². The Hall–Kier alpha value is -2.22. The third-order valence-electron chi connectivity index (χ3n) is 5.40. The van der Waals surface area contributed by atoms with Crippen LogP contribution in [0.25, 0.3) is 0 Å². The van der Waals surface area contributed by atoms with E-state index in [0.29, 0.717) is 18.4 Å². The van der Waals surface area contributed by atoms with Crippen LogP contribution in [0.5, 0.6) is 5.88 Å². The van der Waals surface area contributed by atoms with Crippen molar-refractivity contribution in [2.45, 2.75) is 65.0 Å². The molecule has 0 aromatic carbocycles. The Kier molecular flexibility index (Phi) is 6.17. The van der Waals surface area contributed by atoms with Gasteiger partial charge in [-0.15, -0.1) is 0 Å². The first-order valence-corrected chi connectivity index (χ1v) is 9.91. The number of aromatic nitrogens is 4. The van der Waals surface area contributed by atoms with E-state index in [-0.39, 0.29) is 17.9 Å². The molecule has 3 rings (SSSR count). The Morgan fingerprint density at radius 1 is 1.29 bits per heavy atom. The van der Waals surface area contributed by atoms with Crippen molar-refractivity contribution in [2.75, 3.05) is 11.9 Å². The third-order valence-corrected chi connectivity index (χ3v) is 5.40. The highest BCUT2D eigenvalue weighted by molar-refractivity contribution is 5.50. The molecule has 8 heteroatoms. The molecule has 1 aliphatic carbocycles. The molecule has 1 fully saturated rings. The van der Waals surface area contributed by atoms with Crippen LogP contribution in [-0.2, 0) is 0 Å². The minimum absolute atomic E-state index is 0.0432. The van der Waals surface area contributed by atoms with Crippen LogP contribution >= 0.6 is 0 Å². The summed E-state index contributed by atoms with van der Waals surface area (Å²) in [5, 5.41) is 17.4. The van der Waals surface area contributed by atoms with E-state index < -0.39 is 11.4 Å². The average molecular weight is 391 g/mol. The predicted octanol–water partition coefficient (Wildman–Crippen LogP) is 4.09. The summed E-state index contributed by atoms with van der Waals surface area (Å²) in [5.41, 5.74) is 0.0883. The zero-order valence-corrected chi connectivity index (χ0v) is 17.0. The van der Waals surface area contributed by atoms with Gasteiger partial charge in [0.1, 0.15) is 0 Å². The first-order chi connectivity index (χ1) is 13.2. The molecule has 2 aromatic rings. The fourth-order valence-electron chi connectivity index (χ4n) is 3.56. The fraction of sp³-hybridized carbons (Fsp3) is 0.650. The molecule has 7 nitrogen and oxygen atoms in total. The Morgan fingerprint density at radius 3 is 2.61 bits per heavy atom. The summed E-state index contributed by atoms with van der Waals surface area (Å²) >= 11 is 0. The quantitative estimate of drug-likeness (QED) is 0.739. The molecule has 2 aromatic heterocycles. The second kappa shape index (κ2) is 8.43. The lowest BCUT2D eigenvalue weighted by molar-refractivity contribution is -0.00922. The van der Waals surface area contributed by atoms with Gasteiger partial charge >= 0.3 is 0 Å². The first kappa shape index (κ1) is 20.5. The van der Waals surface area contributed by atoms with E-state index >= 15 is 0 Å². The molecule has 0 spiro atoms. The van der Waals surface area contributed by atoms with E-state index in [0.717, 1.165) is 37.6 Å². The number of nitrogens with zero attached hydrogens (tertiary/aromatic N) is 4. The van der Waals surface area contributed by atoms with Crippen LogP contribution in [0.1, 0.15) is 59.4 Å². The molecule has 0 unspecified atom stereocenters. The van der Waals surface area contributed by atoms with Crippen molar-refractivity contribution in [3.8, 4) is 5.88 Å². The summed E-state index contributed by atoms with van der Waals surface area (Å²) < 4.78 is 21.5. The molecule has 0 amide bonds. The lowest BCUT2D eigenvalue weighted by Gasteiger charge is -2.35. The standard InChI is InChI=1S/C20H30FN5O2/c1-13(2)26-11-16(9-23-26)24-19-22-10-17(21)18(25-19)28-12-14-5-7-15(8-6-14)20(3,4)27/h9-11,13-15,27H,5-8,12H2,1-4H3,(H,22,24,25)/t14-,15-. The van der Waals surface area contributed by atoms with Gasteiger partial charge in [-0.3, -0.25) is 4.68 Å². The van der Waals surface area contributed by atoms with Crippen LogP contribution in [0.4, 0.5) is 16.0 Å². The second-order valence-corrected chi connectivity index (χ2v) is 8.46. The molecule has 0 bridgehead atoms. The van der Waals surface area contributed by atoms with Crippen molar-refractivity contribution in [3.05, 3.63) is 24.4 Å². The molecule has 28 heavy (non-hydrogen) atoms. The van der Waals surface area contributed by atoms with E-state index in [1.165, 1.54) is 0 Å². The fourth-order valence-corrected chi connectivity index (χ4v) is 3.56. The average Bonchev–Trinajstić information content (AvgIpc) is 3.10. The van der Waals surface area contributed by atoms with Crippen LogP contribution in [0.3, 0.4) is 0 Å². The van der Waals surface area contributed by atoms with Crippen LogP contribution in [0.2, 0.25) is 0 Å². The third kappa shape index (κ3) is 5.19. The number of anilines is 2. The van der Waals surface area contributed by atoms with E-state index in [4.69, 9.17) is 4.74 Å². The first-order valence-electron chi connectivity index (χ1n) is 9.91. The van der Waals surface area contributed by atoms with E-state index in [9.17, 15) is 9.50 Å². The zero-order valence-electron chi connectivity index (χ0n) is 17.0. The Bertz CT molecular complexity index is 779. The van der Waals surface area contributed by atoms with Crippen LogP contribution in [-0.4, -0.2) is 37.1 Å². The lowest BCUT2D eigenvalue weighted by Crippen LogP contribution is -2.34. The van der Waals surface area contributed by atoms with Crippen LogP contribution in [0, 0.1) is 17.7 Å². The van der Waals surface area contributed by atoms with Gasteiger partial charge in [-0.2, -0.15) is 14.5 Å². The second-order valence-electron chi connectivity index (χ2n) is 8.46. The molecular formula is C20H30FN5O2. The number of rotatable bonds is 7. The smallest absolute Gasteiger partial charge is 0.255 e. The van der Waals surface area contributed by atoms with Gasteiger partial charge in [-0.1, -0.05) is 0 Å². The van der Waals surface area contributed by atoms with Gasteiger partial charge < -0.3 is 15.2 Å². The number of halogens is 1. The molecule has 0 saturated heterocycles. The Morgan fingerprint density at radius 2 is 2.00 bits per heavy atom. The normalized spacial score (nSPS) is 20.4. The van der Waals surface area contributed by atoms with Crippen molar-refractivity contribution in [3.63, 3.8) is 0 Å². The Balaban J connectivity index is 1.56. The van der Waals surface area contributed by atoms with Gasteiger partial charge in [-0.05, 0) is 65.2 Å². The molecule has 0 radical (unpaired) electrons. The summed E-state index contributed by atoms with van der Waals surface area (Å²) in [6.45, 7) is 8.21. The topological polar surface area (TPSA) is 85.1 Å². The highest BCUT2D eigenvalue weighted by Crippen LogP contribution is 2.35. The van der Waals surface area contributed by atoms with Crippen LogP contribution in [0.15, 0.2) is 18.6 Å². The SMILES string of the molecule is CC(C)n1cc(Nc2ncc(F)c(OC[C@H]3CC[C@H](C(C)(C)O)CC3)n2)cn1. The summed E-state index contributed by atoms with van der Waals surface area (Å²) in [6, 6.07) is 0.245. The maximum Gasteiger partial charge on any atom is 0.255 e. The number of ether oxygens (including phenoxy) is 1. The van der Waals surface area contributed by atoms with Gasteiger partial charge in [0.2, 0.25) is 11.8 Å². The minimum Gasteiger partial charge on any atom is -0.475 e. The molecule has 0 atom stereocenters. The molecular weight excluding hydrogens is 361 g/mol. The largest absolute Gasteiger partial charge is 0.475 e. The summed E-state index contributed by atoms with van der Waals surface area (Å²) in [7, 11) is 0. The van der Waals surface area contributed by atoms with Crippen molar-refractivity contribution < 1.29 is 14.2 Å². The maximum absolute atomic E-state index is 14.1. The van der Waals surface area contributed by atoms with Gasteiger partial charge in [-0.25, -0.2) is 4.98 Å². The van der Waals surface area contributed by atoms with Crippen LogP contribution < -0.4 is 10.1 Å².